The minimum absolute atomic E-state index is 0.481. The highest BCUT2D eigenvalue weighted by molar-refractivity contribution is 7.11. The molecule has 0 amide bonds. The van der Waals surface area contributed by atoms with Crippen LogP contribution in [0.3, 0.4) is 0 Å². The molecule has 1 N–H and O–H groups in total. The first-order valence-corrected chi connectivity index (χ1v) is 9.17. The molecule has 4 saturated carbocycles. The highest BCUT2D eigenvalue weighted by atomic mass is 32.1. The number of hydrogen-bond acceptors (Lipinski definition) is 3. The van der Waals surface area contributed by atoms with Crippen LogP contribution in [0.1, 0.15) is 61.0 Å². The second-order valence-corrected chi connectivity index (χ2v) is 8.59. The third kappa shape index (κ3) is 2.05. The molecule has 0 aliphatic heterocycles. The highest BCUT2D eigenvalue weighted by Gasteiger charge is 2.53. The third-order valence-electron chi connectivity index (χ3n) is 5.92. The summed E-state index contributed by atoms with van der Waals surface area (Å²) < 4.78 is 0. The van der Waals surface area contributed by atoms with Crippen LogP contribution in [-0.2, 0) is 12.0 Å². The lowest BCUT2D eigenvalue weighted by molar-refractivity contribution is -0.00531. The zero-order valence-corrected chi connectivity index (χ0v) is 13.6. The molecule has 2 nitrogen and oxygen atoms in total. The van der Waals surface area contributed by atoms with Gasteiger partial charge in [0.2, 0.25) is 0 Å². The maximum Gasteiger partial charge on any atom is 0.0993 e. The summed E-state index contributed by atoms with van der Waals surface area (Å²) in [5.74, 6) is 3.05. The van der Waals surface area contributed by atoms with Crippen LogP contribution in [0.2, 0.25) is 0 Å². The Morgan fingerprint density at radius 2 is 1.75 bits per heavy atom. The molecule has 0 radical (unpaired) electrons. The summed E-state index contributed by atoms with van der Waals surface area (Å²) in [5.41, 5.74) is 1.76. The third-order valence-corrected chi connectivity index (χ3v) is 7.32. The van der Waals surface area contributed by atoms with E-state index in [1.54, 1.807) is 0 Å². The van der Waals surface area contributed by atoms with Crippen LogP contribution < -0.4 is 5.32 Å². The Bertz CT molecular complexity index is 470. The van der Waals surface area contributed by atoms with Crippen molar-refractivity contribution in [1.82, 2.24) is 10.3 Å². The highest BCUT2D eigenvalue weighted by Crippen LogP contribution is 2.61. The van der Waals surface area contributed by atoms with Gasteiger partial charge in [-0.2, -0.15) is 0 Å². The molecule has 0 saturated heterocycles. The Hall–Kier alpha value is -0.410. The van der Waals surface area contributed by atoms with Crippen LogP contribution in [0, 0.1) is 24.7 Å². The Morgan fingerprint density at radius 3 is 2.30 bits per heavy atom. The molecule has 20 heavy (non-hydrogen) atoms. The standard InChI is InChI=1S/C17H26N2S/c1-3-18-10-15-11(2)19-16(20-15)17-7-12-4-13(8-17)6-14(5-12)9-17/h12-14,18H,3-10H2,1-2H3. The van der Waals surface area contributed by atoms with Gasteiger partial charge in [0.25, 0.3) is 0 Å². The van der Waals surface area contributed by atoms with E-state index < -0.39 is 0 Å². The number of rotatable bonds is 4. The molecule has 4 aliphatic carbocycles. The van der Waals surface area contributed by atoms with Crippen molar-refractivity contribution < 1.29 is 0 Å². The van der Waals surface area contributed by atoms with E-state index >= 15 is 0 Å². The van der Waals surface area contributed by atoms with Crippen molar-refractivity contribution in [3.63, 3.8) is 0 Å². The van der Waals surface area contributed by atoms with E-state index in [1.165, 1.54) is 54.1 Å². The second-order valence-electron chi connectivity index (χ2n) is 7.51. The maximum absolute atomic E-state index is 5.03. The van der Waals surface area contributed by atoms with Gasteiger partial charge in [0, 0.05) is 16.8 Å². The lowest BCUT2D eigenvalue weighted by Crippen LogP contribution is -2.48. The first-order valence-electron chi connectivity index (χ1n) is 8.36. The summed E-state index contributed by atoms with van der Waals surface area (Å²) in [6.07, 6.45) is 8.88. The van der Waals surface area contributed by atoms with E-state index in [-0.39, 0.29) is 0 Å². The van der Waals surface area contributed by atoms with Crippen LogP contribution in [0.4, 0.5) is 0 Å². The van der Waals surface area contributed by atoms with Crippen LogP contribution in [-0.4, -0.2) is 11.5 Å². The van der Waals surface area contributed by atoms with Gasteiger partial charge in [-0.1, -0.05) is 6.92 Å². The SMILES string of the molecule is CCNCc1sc(C23CC4CC(CC(C4)C2)C3)nc1C. The lowest BCUT2D eigenvalue weighted by atomic mass is 9.50. The molecule has 1 aromatic heterocycles. The summed E-state index contributed by atoms with van der Waals surface area (Å²) in [5, 5.41) is 4.95. The molecular weight excluding hydrogens is 264 g/mol. The fraction of sp³-hybridized carbons (Fsp3) is 0.824. The normalized spacial score (nSPS) is 38.6. The molecule has 4 bridgehead atoms. The molecule has 1 aromatic rings. The fourth-order valence-electron chi connectivity index (χ4n) is 5.43. The Morgan fingerprint density at radius 1 is 1.15 bits per heavy atom. The van der Waals surface area contributed by atoms with Crippen molar-refractivity contribution >= 4 is 11.3 Å². The lowest BCUT2D eigenvalue weighted by Gasteiger charge is -2.56. The average molecular weight is 290 g/mol. The number of hydrogen-bond donors (Lipinski definition) is 1. The molecule has 0 unspecified atom stereocenters. The van der Waals surface area contributed by atoms with Crippen molar-refractivity contribution in [2.75, 3.05) is 6.54 Å². The predicted molar refractivity (Wildman–Crippen MR) is 84.1 cm³/mol. The Balaban J connectivity index is 1.63. The number of aryl methyl sites for hydroxylation is 1. The van der Waals surface area contributed by atoms with E-state index in [1.807, 2.05) is 11.3 Å². The minimum atomic E-state index is 0.481. The molecule has 4 aliphatic rings. The topological polar surface area (TPSA) is 24.9 Å². The number of thiazole rings is 1. The summed E-state index contributed by atoms with van der Waals surface area (Å²) in [7, 11) is 0. The van der Waals surface area contributed by atoms with E-state index in [9.17, 15) is 0 Å². The predicted octanol–water partition coefficient (Wildman–Crippen LogP) is 4.03. The van der Waals surface area contributed by atoms with E-state index in [0.29, 0.717) is 5.41 Å². The Labute approximate surface area is 126 Å². The van der Waals surface area contributed by atoms with Gasteiger partial charge in [0.05, 0.1) is 10.7 Å². The van der Waals surface area contributed by atoms with Gasteiger partial charge >= 0.3 is 0 Å². The number of aromatic nitrogens is 1. The van der Waals surface area contributed by atoms with Crippen molar-refractivity contribution in [2.24, 2.45) is 17.8 Å². The van der Waals surface area contributed by atoms with Crippen LogP contribution in [0.25, 0.3) is 0 Å². The molecule has 0 atom stereocenters. The molecule has 1 heterocycles. The van der Waals surface area contributed by atoms with Crippen LogP contribution >= 0.6 is 11.3 Å². The number of nitrogens with zero attached hydrogens (tertiary/aromatic N) is 1. The fourth-order valence-corrected chi connectivity index (χ4v) is 6.68. The summed E-state index contributed by atoms with van der Waals surface area (Å²) in [6, 6.07) is 0. The van der Waals surface area contributed by atoms with Gasteiger partial charge in [-0.15, -0.1) is 11.3 Å². The van der Waals surface area contributed by atoms with Crippen molar-refractivity contribution in [3.05, 3.63) is 15.6 Å². The molecule has 5 rings (SSSR count). The molecule has 4 fully saturated rings. The molecule has 110 valence electrons. The van der Waals surface area contributed by atoms with Gasteiger partial charge in [0.15, 0.2) is 0 Å². The smallest absolute Gasteiger partial charge is 0.0993 e. The van der Waals surface area contributed by atoms with Gasteiger partial charge in [-0.25, -0.2) is 4.98 Å². The largest absolute Gasteiger partial charge is 0.312 e. The van der Waals surface area contributed by atoms with E-state index in [4.69, 9.17) is 4.98 Å². The van der Waals surface area contributed by atoms with E-state index in [2.05, 4.69) is 19.2 Å². The quantitative estimate of drug-likeness (QED) is 0.905. The number of nitrogens with one attached hydrogen (secondary N) is 1. The van der Waals surface area contributed by atoms with Crippen LogP contribution in [0.5, 0.6) is 0 Å². The molecule has 0 aromatic carbocycles. The average Bonchev–Trinajstić information content (AvgIpc) is 2.77. The first-order chi connectivity index (χ1) is 9.68. The second kappa shape index (κ2) is 4.81. The van der Waals surface area contributed by atoms with Crippen molar-refractivity contribution in [1.29, 1.82) is 0 Å². The monoisotopic (exact) mass is 290 g/mol. The van der Waals surface area contributed by atoms with Gasteiger partial charge in [0.1, 0.15) is 0 Å². The zero-order valence-electron chi connectivity index (χ0n) is 12.7. The van der Waals surface area contributed by atoms with Gasteiger partial charge in [-0.05, 0) is 69.7 Å². The molecule has 0 spiro atoms. The summed E-state index contributed by atoms with van der Waals surface area (Å²) in [4.78, 5) is 6.50. The van der Waals surface area contributed by atoms with E-state index in [0.717, 1.165) is 30.8 Å². The minimum Gasteiger partial charge on any atom is -0.312 e. The summed E-state index contributed by atoms with van der Waals surface area (Å²) >= 11 is 2.01. The van der Waals surface area contributed by atoms with Gasteiger partial charge < -0.3 is 5.32 Å². The van der Waals surface area contributed by atoms with Crippen LogP contribution in [0.15, 0.2) is 0 Å². The Kier molecular flexibility index (Phi) is 3.19. The molecule has 3 heteroatoms. The maximum atomic E-state index is 5.03. The molecular formula is C17H26N2S. The zero-order chi connectivity index (χ0) is 13.7. The van der Waals surface area contributed by atoms with Crippen molar-refractivity contribution in [3.8, 4) is 0 Å². The summed E-state index contributed by atoms with van der Waals surface area (Å²) in [6.45, 7) is 6.43. The van der Waals surface area contributed by atoms with Gasteiger partial charge in [-0.3, -0.25) is 0 Å². The van der Waals surface area contributed by atoms with Crippen molar-refractivity contribution in [2.45, 2.75) is 64.3 Å². The first kappa shape index (κ1) is 13.3.